The van der Waals surface area contributed by atoms with Crippen LogP contribution in [0.4, 0.5) is 0 Å². The fraction of sp³-hybridized carbons (Fsp3) is 0.400. The Bertz CT molecular complexity index is 641. The van der Waals surface area contributed by atoms with Gasteiger partial charge < -0.3 is 19.7 Å². The van der Waals surface area contributed by atoms with Gasteiger partial charge in [0.05, 0.1) is 14.2 Å². The van der Waals surface area contributed by atoms with Gasteiger partial charge in [-0.15, -0.1) is 0 Å². The Morgan fingerprint density at radius 2 is 1.17 bits per heavy atom. The van der Waals surface area contributed by atoms with Gasteiger partial charge in [0.15, 0.2) is 23.0 Å². The van der Waals surface area contributed by atoms with E-state index >= 15 is 0 Å². The van der Waals surface area contributed by atoms with Crippen molar-refractivity contribution in [3.05, 3.63) is 47.5 Å². The number of methoxy groups -OCH3 is 2. The Hall–Kier alpha value is -2.36. The van der Waals surface area contributed by atoms with Crippen molar-refractivity contribution in [2.75, 3.05) is 14.2 Å². The van der Waals surface area contributed by atoms with Gasteiger partial charge in [0.1, 0.15) is 0 Å². The first kappa shape index (κ1) is 18.0. The first-order chi connectivity index (χ1) is 11.4. The van der Waals surface area contributed by atoms with Gasteiger partial charge in [0, 0.05) is 5.92 Å². The molecule has 0 heterocycles. The first-order valence-electron chi connectivity index (χ1n) is 8.12. The molecule has 24 heavy (non-hydrogen) atoms. The molecule has 4 heteroatoms. The van der Waals surface area contributed by atoms with E-state index in [-0.39, 0.29) is 17.4 Å². The molecular formula is C20H26O4. The summed E-state index contributed by atoms with van der Waals surface area (Å²) in [5, 5.41) is 19.8. The highest BCUT2D eigenvalue weighted by Crippen LogP contribution is 2.41. The van der Waals surface area contributed by atoms with Crippen molar-refractivity contribution in [3.63, 3.8) is 0 Å². The van der Waals surface area contributed by atoms with Crippen molar-refractivity contribution in [2.24, 2.45) is 11.8 Å². The average Bonchev–Trinajstić information content (AvgIpc) is 2.57. The van der Waals surface area contributed by atoms with Crippen LogP contribution >= 0.6 is 0 Å². The standard InChI is InChI=1S/C20H26O4/c1-12(2)13(3)20(14-6-8-16(21)18(10-14)23-4)15-7-9-17(22)19(11-15)24-5/h6-13,20-22H,1-5H3/t13-/m0/s1. The number of phenols is 2. The zero-order chi connectivity index (χ0) is 17.9. The maximum Gasteiger partial charge on any atom is 0.160 e. The van der Waals surface area contributed by atoms with Crippen molar-refractivity contribution in [3.8, 4) is 23.0 Å². The SMILES string of the molecule is COc1cc(C(c2ccc(O)c(OC)c2)[C@@H](C)C(C)C)ccc1O. The number of rotatable bonds is 6. The summed E-state index contributed by atoms with van der Waals surface area (Å²) in [6.07, 6.45) is 0. The molecule has 1 atom stereocenters. The first-order valence-corrected chi connectivity index (χ1v) is 8.12. The number of phenolic OH excluding ortho intramolecular Hbond substituents is 2. The van der Waals surface area contributed by atoms with Crippen LogP contribution in [0.5, 0.6) is 23.0 Å². The summed E-state index contributed by atoms with van der Waals surface area (Å²) in [6.45, 7) is 6.58. The number of aromatic hydroxyl groups is 2. The number of ether oxygens (including phenoxy) is 2. The molecule has 2 N–H and O–H groups in total. The number of hydrogen-bond donors (Lipinski definition) is 2. The van der Waals surface area contributed by atoms with E-state index in [4.69, 9.17) is 9.47 Å². The molecule has 2 aromatic carbocycles. The molecule has 0 aliphatic heterocycles. The normalized spacial score (nSPS) is 12.5. The molecule has 0 unspecified atom stereocenters. The Morgan fingerprint density at radius 3 is 1.50 bits per heavy atom. The lowest BCUT2D eigenvalue weighted by molar-refractivity contribution is 0.359. The average molecular weight is 330 g/mol. The number of benzene rings is 2. The lowest BCUT2D eigenvalue weighted by Gasteiger charge is -2.29. The Kier molecular flexibility index (Phi) is 5.60. The van der Waals surface area contributed by atoms with E-state index in [1.807, 2.05) is 24.3 Å². The third kappa shape index (κ3) is 3.58. The van der Waals surface area contributed by atoms with Crippen LogP contribution in [0.3, 0.4) is 0 Å². The van der Waals surface area contributed by atoms with Gasteiger partial charge in [-0.25, -0.2) is 0 Å². The zero-order valence-corrected chi connectivity index (χ0v) is 14.9. The molecule has 0 fully saturated rings. The summed E-state index contributed by atoms with van der Waals surface area (Å²) in [5.41, 5.74) is 2.11. The molecule has 130 valence electrons. The van der Waals surface area contributed by atoms with E-state index in [9.17, 15) is 10.2 Å². The molecule has 0 saturated heterocycles. The lowest BCUT2D eigenvalue weighted by atomic mass is 9.76. The van der Waals surface area contributed by atoms with Crippen molar-refractivity contribution < 1.29 is 19.7 Å². The molecule has 0 radical (unpaired) electrons. The second-order valence-electron chi connectivity index (χ2n) is 6.44. The van der Waals surface area contributed by atoms with Crippen LogP contribution in [0, 0.1) is 11.8 Å². The molecule has 0 aliphatic carbocycles. The summed E-state index contributed by atoms with van der Waals surface area (Å²) >= 11 is 0. The Morgan fingerprint density at radius 1 is 0.750 bits per heavy atom. The van der Waals surface area contributed by atoms with Gasteiger partial charge in [0.25, 0.3) is 0 Å². The van der Waals surface area contributed by atoms with Crippen LogP contribution in [0.15, 0.2) is 36.4 Å². The van der Waals surface area contributed by atoms with Crippen molar-refractivity contribution in [2.45, 2.75) is 26.7 Å². The second-order valence-corrected chi connectivity index (χ2v) is 6.44. The van der Waals surface area contributed by atoms with Gasteiger partial charge in [0.2, 0.25) is 0 Å². The predicted octanol–water partition coefficient (Wildman–Crippen LogP) is 4.54. The summed E-state index contributed by atoms with van der Waals surface area (Å²) in [7, 11) is 3.09. The third-order valence-corrected chi connectivity index (χ3v) is 4.70. The minimum Gasteiger partial charge on any atom is -0.504 e. The van der Waals surface area contributed by atoms with E-state index < -0.39 is 0 Å². The van der Waals surface area contributed by atoms with Crippen molar-refractivity contribution >= 4 is 0 Å². The van der Waals surface area contributed by atoms with E-state index in [0.717, 1.165) is 11.1 Å². The summed E-state index contributed by atoms with van der Waals surface area (Å²) < 4.78 is 10.5. The molecule has 2 aromatic rings. The highest BCUT2D eigenvalue weighted by molar-refractivity contribution is 5.49. The van der Waals surface area contributed by atoms with Crippen LogP contribution in [-0.4, -0.2) is 24.4 Å². The van der Waals surface area contributed by atoms with Gasteiger partial charge >= 0.3 is 0 Å². The molecular weight excluding hydrogens is 304 g/mol. The second kappa shape index (κ2) is 7.47. The highest BCUT2D eigenvalue weighted by atomic mass is 16.5. The van der Waals surface area contributed by atoms with Gasteiger partial charge in [-0.05, 0) is 47.2 Å². The fourth-order valence-electron chi connectivity index (χ4n) is 2.96. The van der Waals surface area contributed by atoms with Crippen LogP contribution < -0.4 is 9.47 Å². The molecule has 0 saturated carbocycles. The van der Waals surface area contributed by atoms with Crippen molar-refractivity contribution in [1.29, 1.82) is 0 Å². The molecule has 2 rings (SSSR count). The molecule has 0 bridgehead atoms. The third-order valence-electron chi connectivity index (χ3n) is 4.70. The molecule has 0 spiro atoms. The van der Waals surface area contributed by atoms with Crippen LogP contribution in [0.1, 0.15) is 37.8 Å². The largest absolute Gasteiger partial charge is 0.504 e. The van der Waals surface area contributed by atoms with Crippen LogP contribution in [0.2, 0.25) is 0 Å². The van der Waals surface area contributed by atoms with Gasteiger partial charge in [-0.1, -0.05) is 32.9 Å². The van der Waals surface area contributed by atoms with Crippen molar-refractivity contribution in [1.82, 2.24) is 0 Å². The van der Waals surface area contributed by atoms with Gasteiger partial charge in [-0.3, -0.25) is 0 Å². The fourth-order valence-corrected chi connectivity index (χ4v) is 2.96. The minimum absolute atomic E-state index is 0.0917. The van der Waals surface area contributed by atoms with Crippen LogP contribution in [0.25, 0.3) is 0 Å². The van der Waals surface area contributed by atoms with E-state index in [1.54, 1.807) is 26.4 Å². The van der Waals surface area contributed by atoms with E-state index in [0.29, 0.717) is 23.3 Å². The molecule has 0 aliphatic rings. The zero-order valence-electron chi connectivity index (χ0n) is 14.9. The topological polar surface area (TPSA) is 58.9 Å². The Labute approximate surface area is 143 Å². The van der Waals surface area contributed by atoms with E-state index in [2.05, 4.69) is 20.8 Å². The maximum atomic E-state index is 9.88. The molecule has 0 aromatic heterocycles. The lowest BCUT2D eigenvalue weighted by Crippen LogP contribution is -2.17. The molecule has 0 amide bonds. The van der Waals surface area contributed by atoms with Crippen LogP contribution in [-0.2, 0) is 0 Å². The minimum atomic E-state index is 0.0917. The molecule has 4 nitrogen and oxygen atoms in total. The number of hydrogen-bond acceptors (Lipinski definition) is 4. The predicted molar refractivity (Wildman–Crippen MR) is 95.2 cm³/mol. The maximum absolute atomic E-state index is 9.88. The summed E-state index contributed by atoms with van der Waals surface area (Å²) in [4.78, 5) is 0. The highest BCUT2D eigenvalue weighted by Gasteiger charge is 2.25. The van der Waals surface area contributed by atoms with Gasteiger partial charge in [-0.2, -0.15) is 0 Å². The summed E-state index contributed by atoms with van der Waals surface area (Å²) in [5.74, 6) is 2.05. The smallest absolute Gasteiger partial charge is 0.160 e. The summed E-state index contributed by atoms with van der Waals surface area (Å²) in [6, 6.07) is 10.9. The Balaban J connectivity index is 2.57. The quantitative estimate of drug-likeness (QED) is 0.816. The monoisotopic (exact) mass is 330 g/mol. The van der Waals surface area contributed by atoms with E-state index in [1.165, 1.54) is 0 Å².